The van der Waals surface area contributed by atoms with Gasteiger partial charge < -0.3 is 20.1 Å². The van der Waals surface area contributed by atoms with Crippen molar-refractivity contribution in [2.24, 2.45) is 5.92 Å². The maximum Gasteiger partial charge on any atom is 0.252 e. The van der Waals surface area contributed by atoms with E-state index in [4.69, 9.17) is 9.47 Å². The average molecular weight is 410 g/mol. The van der Waals surface area contributed by atoms with Crippen molar-refractivity contribution in [1.29, 1.82) is 0 Å². The zero-order chi connectivity index (χ0) is 21.7. The second-order valence-corrected chi connectivity index (χ2v) is 6.53. The molecule has 0 bridgehead atoms. The lowest BCUT2D eigenvalue weighted by atomic mass is 10.0. The SMILES string of the molecule is COc1cc(OC)cc(C(=O)NC(C(=O)Nc2cc(F)c(F)cc2F)C(C)C)c1. The molecule has 0 aliphatic heterocycles. The largest absolute Gasteiger partial charge is 0.497 e. The Morgan fingerprint density at radius 2 is 1.41 bits per heavy atom. The predicted molar refractivity (Wildman–Crippen MR) is 101 cm³/mol. The van der Waals surface area contributed by atoms with Crippen molar-refractivity contribution >= 4 is 17.5 Å². The van der Waals surface area contributed by atoms with Gasteiger partial charge in [0, 0.05) is 23.8 Å². The first kappa shape index (κ1) is 22.1. The lowest BCUT2D eigenvalue weighted by Gasteiger charge is -2.22. The highest BCUT2D eigenvalue weighted by Crippen LogP contribution is 2.23. The van der Waals surface area contributed by atoms with Crippen LogP contribution in [0.1, 0.15) is 24.2 Å². The number of ether oxygens (including phenoxy) is 2. The van der Waals surface area contributed by atoms with Gasteiger partial charge in [-0.05, 0) is 18.1 Å². The maximum absolute atomic E-state index is 13.8. The highest BCUT2D eigenvalue weighted by atomic mass is 19.2. The molecular weight excluding hydrogens is 389 g/mol. The Morgan fingerprint density at radius 3 is 1.93 bits per heavy atom. The summed E-state index contributed by atoms with van der Waals surface area (Å²) in [4.78, 5) is 25.2. The summed E-state index contributed by atoms with van der Waals surface area (Å²) in [5.74, 6) is -4.83. The number of carbonyl (C=O) groups excluding carboxylic acids is 2. The van der Waals surface area contributed by atoms with Crippen LogP contribution in [0.5, 0.6) is 11.5 Å². The van der Waals surface area contributed by atoms with E-state index in [2.05, 4.69) is 10.6 Å². The van der Waals surface area contributed by atoms with Crippen molar-refractivity contribution in [3.63, 3.8) is 0 Å². The van der Waals surface area contributed by atoms with Gasteiger partial charge in [-0.2, -0.15) is 0 Å². The average Bonchev–Trinajstić information content (AvgIpc) is 2.69. The topological polar surface area (TPSA) is 76.7 Å². The molecule has 0 heterocycles. The zero-order valence-electron chi connectivity index (χ0n) is 16.3. The predicted octanol–water partition coefficient (Wildman–Crippen LogP) is 3.51. The number of methoxy groups -OCH3 is 2. The second-order valence-electron chi connectivity index (χ2n) is 6.53. The van der Waals surface area contributed by atoms with E-state index >= 15 is 0 Å². The molecule has 0 aliphatic rings. The lowest BCUT2D eigenvalue weighted by Crippen LogP contribution is -2.47. The fourth-order valence-corrected chi connectivity index (χ4v) is 2.53. The smallest absolute Gasteiger partial charge is 0.252 e. The van der Waals surface area contributed by atoms with E-state index in [1.807, 2.05) is 0 Å². The van der Waals surface area contributed by atoms with Crippen LogP contribution in [0, 0.1) is 23.4 Å². The van der Waals surface area contributed by atoms with Crippen LogP contribution in [0.25, 0.3) is 0 Å². The molecule has 2 aromatic carbocycles. The number of hydrogen-bond acceptors (Lipinski definition) is 4. The Balaban J connectivity index is 2.23. The van der Waals surface area contributed by atoms with Gasteiger partial charge in [0.25, 0.3) is 5.91 Å². The molecule has 6 nitrogen and oxygen atoms in total. The fourth-order valence-electron chi connectivity index (χ4n) is 2.53. The first-order chi connectivity index (χ1) is 13.7. The van der Waals surface area contributed by atoms with Crippen LogP contribution in [-0.4, -0.2) is 32.1 Å². The van der Waals surface area contributed by atoms with E-state index in [0.717, 1.165) is 0 Å². The quantitative estimate of drug-likeness (QED) is 0.685. The van der Waals surface area contributed by atoms with E-state index in [1.54, 1.807) is 19.9 Å². The first-order valence-corrected chi connectivity index (χ1v) is 8.65. The molecule has 0 saturated carbocycles. The van der Waals surface area contributed by atoms with Crippen LogP contribution in [-0.2, 0) is 4.79 Å². The third-order valence-corrected chi connectivity index (χ3v) is 4.12. The summed E-state index contributed by atoms with van der Waals surface area (Å²) in [7, 11) is 2.86. The van der Waals surface area contributed by atoms with Gasteiger partial charge in [0.05, 0.1) is 19.9 Å². The lowest BCUT2D eigenvalue weighted by molar-refractivity contribution is -0.118. The molecule has 0 aromatic heterocycles. The van der Waals surface area contributed by atoms with Gasteiger partial charge in [0.15, 0.2) is 11.6 Å². The Hall–Kier alpha value is -3.23. The summed E-state index contributed by atoms with van der Waals surface area (Å²) in [5.41, 5.74) is -0.351. The third kappa shape index (κ3) is 5.40. The van der Waals surface area contributed by atoms with Crippen molar-refractivity contribution in [1.82, 2.24) is 5.32 Å². The molecule has 156 valence electrons. The summed E-state index contributed by atoms with van der Waals surface area (Å²) >= 11 is 0. The molecule has 29 heavy (non-hydrogen) atoms. The summed E-state index contributed by atoms with van der Waals surface area (Å²) in [6.45, 7) is 3.33. The van der Waals surface area contributed by atoms with Crippen molar-refractivity contribution in [3.8, 4) is 11.5 Å². The van der Waals surface area contributed by atoms with Gasteiger partial charge in [-0.3, -0.25) is 9.59 Å². The molecule has 0 saturated heterocycles. The number of benzene rings is 2. The van der Waals surface area contributed by atoms with Crippen molar-refractivity contribution in [2.45, 2.75) is 19.9 Å². The Kier molecular flexibility index (Phi) is 7.08. The van der Waals surface area contributed by atoms with E-state index in [1.165, 1.54) is 26.4 Å². The molecule has 9 heteroatoms. The molecule has 2 N–H and O–H groups in total. The minimum Gasteiger partial charge on any atom is -0.497 e. The number of rotatable bonds is 7. The van der Waals surface area contributed by atoms with E-state index in [9.17, 15) is 22.8 Å². The highest BCUT2D eigenvalue weighted by Gasteiger charge is 2.26. The van der Waals surface area contributed by atoms with Gasteiger partial charge in [-0.25, -0.2) is 13.2 Å². The van der Waals surface area contributed by atoms with Gasteiger partial charge in [-0.15, -0.1) is 0 Å². The highest BCUT2D eigenvalue weighted by molar-refractivity contribution is 6.01. The van der Waals surface area contributed by atoms with Crippen LogP contribution in [0.2, 0.25) is 0 Å². The number of nitrogens with one attached hydrogen (secondary N) is 2. The van der Waals surface area contributed by atoms with Crippen LogP contribution < -0.4 is 20.1 Å². The summed E-state index contributed by atoms with van der Waals surface area (Å²) < 4.78 is 50.5. The minimum atomic E-state index is -1.37. The summed E-state index contributed by atoms with van der Waals surface area (Å²) in [6.07, 6.45) is 0. The summed E-state index contributed by atoms with van der Waals surface area (Å²) in [6, 6.07) is 4.29. The third-order valence-electron chi connectivity index (χ3n) is 4.12. The molecular formula is C20H21F3N2O4. The maximum atomic E-state index is 13.8. The van der Waals surface area contributed by atoms with Crippen molar-refractivity contribution in [2.75, 3.05) is 19.5 Å². The van der Waals surface area contributed by atoms with E-state index < -0.39 is 41.0 Å². The van der Waals surface area contributed by atoms with Gasteiger partial charge in [0.1, 0.15) is 23.4 Å². The van der Waals surface area contributed by atoms with Crippen LogP contribution >= 0.6 is 0 Å². The normalized spacial score (nSPS) is 11.7. The summed E-state index contributed by atoms with van der Waals surface area (Å²) in [5, 5.41) is 4.73. The van der Waals surface area contributed by atoms with Gasteiger partial charge in [0.2, 0.25) is 5.91 Å². The number of amides is 2. The zero-order valence-corrected chi connectivity index (χ0v) is 16.3. The molecule has 1 atom stereocenters. The standard InChI is InChI=1S/C20H21F3N2O4/c1-10(2)18(20(27)24-17-9-15(22)14(21)8-16(17)23)25-19(26)11-5-12(28-3)7-13(6-11)29-4/h5-10,18H,1-4H3,(H,24,27)(H,25,26). The number of halogens is 3. The molecule has 1 unspecified atom stereocenters. The molecule has 0 spiro atoms. The van der Waals surface area contributed by atoms with Crippen molar-refractivity contribution in [3.05, 3.63) is 53.3 Å². The Labute approximate surface area is 166 Å². The molecule has 2 rings (SSSR count). The molecule has 2 aromatic rings. The molecule has 0 radical (unpaired) electrons. The molecule has 0 aliphatic carbocycles. The number of carbonyl (C=O) groups is 2. The number of hydrogen-bond donors (Lipinski definition) is 2. The molecule has 2 amide bonds. The van der Waals surface area contributed by atoms with Crippen LogP contribution in [0.3, 0.4) is 0 Å². The minimum absolute atomic E-state index is 0.179. The van der Waals surface area contributed by atoms with Crippen LogP contribution in [0.4, 0.5) is 18.9 Å². The monoisotopic (exact) mass is 410 g/mol. The van der Waals surface area contributed by atoms with Gasteiger partial charge in [-0.1, -0.05) is 13.8 Å². The second kappa shape index (κ2) is 9.31. The number of anilines is 1. The first-order valence-electron chi connectivity index (χ1n) is 8.65. The molecule has 0 fully saturated rings. The Morgan fingerprint density at radius 1 is 0.862 bits per heavy atom. The van der Waals surface area contributed by atoms with E-state index in [0.29, 0.717) is 23.6 Å². The van der Waals surface area contributed by atoms with Crippen LogP contribution in [0.15, 0.2) is 30.3 Å². The Bertz CT molecular complexity index is 897. The van der Waals surface area contributed by atoms with Crippen molar-refractivity contribution < 1.29 is 32.2 Å². The van der Waals surface area contributed by atoms with E-state index in [-0.39, 0.29) is 11.5 Å². The fraction of sp³-hybridized carbons (Fsp3) is 0.300. The van der Waals surface area contributed by atoms with Gasteiger partial charge >= 0.3 is 0 Å².